The highest BCUT2D eigenvalue weighted by atomic mass is 79.9. The van der Waals surface area contributed by atoms with Crippen LogP contribution in [0.2, 0.25) is 0 Å². The minimum Gasteiger partial charge on any atom is -0.387 e. The summed E-state index contributed by atoms with van der Waals surface area (Å²) in [5, 5.41) is 8.68. The molecular weight excluding hydrogens is 277 g/mol. The van der Waals surface area contributed by atoms with Crippen molar-refractivity contribution < 1.29 is 17.9 Å². The Morgan fingerprint density at radius 1 is 1.53 bits per heavy atom. The van der Waals surface area contributed by atoms with Crippen LogP contribution in [0.1, 0.15) is 11.1 Å². The van der Waals surface area contributed by atoms with Gasteiger partial charge in [-0.15, -0.1) is 13.2 Å². The lowest BCUT2D eigenvalue weighted by Gasteiger charge is -2.10. The van der Waals surface area contributed by atoms with Crippen LogP contribution in [-0.2, 0) is 0 Å². The van der Waals surface area contributed by atoms with Crippen LogP contribution in [0.15, 0.2) is 10.7 Å². The number of aryl methyl sites for hydroxylation is 1. The van der Waals surface area contributed by atoms with Gasteiger partial charge in [0.1, 0.15) is 6.07 Å². The molecular formula is C8H4BrF3N2O. The topological polar surface area (TPSA) is 45.9 Å². The summed E-state index contributed by atoms with van der Waals surface area (Å²) in [5.41, 5.74) is 0.545. The Balaban J connectivity index is 3.18. The normalized spacial score (nSPS) is 10.9. The summed E-state index contributed by atoms with van der Waals surface area (Å²) in [4.78, 5) is 3.43. The Morgan fingerprint density at radius 2 is 2.13 bits per heavy atom. The molecule has 0 atom stereocenters. The number of nitriles is 1. The van der Waals surface area contributed by atoms with Crippen LogP contribution in [0.25, 0.3) is 0 Å². The van der Waals surface area contributed by atoms with Crippen LogP contribution in [0, 0.1) is 18.3 Å². The Hall–Kier alpha value is -1.29. The van der Waals surface area contributed by atoms with Crippen molar-refractivity contribution in [3.05, 3.63) is 21.8 Å². The van der Waals surface area contributed by atoms with Gasteiger partial charge in [0.15, 0.2) is 0 Å². The first-order valence-electron chi connectivity index (χ1n) is 3.66. The van der Waals surface area contributed by atoms with Crippen molar-refractivity contribution in [2.24, 2.45) is 0 Å². The van der Waals surface area contributed by atoms with Gasteiger partial charge in [0.2, 0.25) is 5.88 Å². The maximum atomic E-state index is 11.9. The molecule has 0 saturated heterocycles. The first-order chi connectivity index (χ1) is 6.85. The highest BCUT2D eigenvalue weighted by Crippen LogP contribution is 2.31. The Labute approximate surface area is 91.6 Å². The van der Waals surface area contributed by atoms with E-state index in [0.717, 1.165) is 6.20 Å². The van der Waals surface area contributed by atoms with Crippen molar-refractivity contribution >= 4 is 15.9 Å². The molecule has 80 valence electrons. The van der Waals surface area contributed by atoms with Crippen molar-refractivity contribution in [2.75, 3.05) is 0 Å². The standard InChI is InChI=1S/C8H4BrF3N2O/c1-4-3-14-7(15-8(10,11)12)6(9)5(4)2-13/h3H,1H3. The van der Waals surface area contributed by atoms with E-state index in [9.17, 15) is 13.2 Å². The highest BCUT2D eigenvalue weighted by Gasteiger charge is 2.33. The van der Waals surface area contributed by atoms with Crippen molar-refractivity contribution in [3.63, 3.8) is 0 Å². The van der Waals surface area contributed by atoms with Crippen LogP contribution < -0.4 is 4.74 Å². The molecule has 1 aromatic rings. The molecule has 1 aromatic heterocycles. The van der Waals surface area contributed by atoms with E-state index in [-0.39, 0.29) is 10.0 Å². The van der Waals surface area contributed by atoms with Crippen molar-refractivity contribution in [2.45, 2.75) is 13.3 Å². The van der Waals surface area contributed by atoms with E-state index in [4.69, 9.17) is 5.26 Å². The van der Waals surface area contributed by atoms with Crippen LogP contribution in [0.3, 0.4) is 0 Å². The lowest BCUT2D eigenvalue weighted by atomic mass is 10.2. The third-order valence-corrected chi connectivity index (χ3v) is 2.24. The number of aromatic nitrogens is 1. The summed E-state index contributed by atoms with van der Waals surface area (Å²) in [6, 6.07) is 1.76. The quantitative estimate of drug-likeness (QED) is 0.795. The molecule has 0 bridgehead atoms. The van der Waals surface area contributed by atoms with Gasteiger partial charge in [0.25, 0.3) is 0 Å². The van der Waals surface area contributed by atoms with Gasteiger partial charge in [-0.3, -0.25) is 0 Å². The number of halogens is 4. The van der Waals surface area contributed by atoms with Gasteiger partial charge in [-0.25, -0.2) is 4.98 Å². The third-order valence-electron chi connectivity index (χ3n) is 1.50. The summed E-state index contributed by atoms with van der Waals surface area (Å²) in [5.74, 6) is -0.662. The number of hydrogen-bond acceptors (Lipinski definition) is 3. The Kier molecular flexibility index (Phi) is 3.19. The molecule has 15 heavy (non-hydrogen) atoms. The van der Waals surface area contributed by atoms with Gasteiger partial charge in [-0.1, -0.05) is 0 Å². The monoisotopic (exact) mass is 280 g/mol. The second-order valence-corrected chi connectivity index (χ2v) is 3.39. The molecule has 0 aromatic carbocycles. The smallest absolute Gasteiger partial charge is 0.387 e. The average molecular weight is 281 g/mol. The third kappa shape index (κ3) is 2.83. The molecule has 0 N–H and O–H groups in total. The maximum Gasteiger partial charge on any atom is 0.574 e. The van der Waals surface area contributed by atoms with Gasteiger partial charge in [0, 0.05) is 6.20 Å². The van der Waals surface area contributed by atoms with E-state index in [2.05, 4.69) is 25.7 Å². The van der Waals surface area contributed by atoms with Gasteiger partial charge < -0.3 is 4.74 Å². The number of hydrogen-bond donors (Lipinski definition) is 0. The van der Waals surface area contributed by atoms with Gasteiger partial charge >= 0.3 is 6.36 Å². The van der Waals surface area contributed by atoms with Crippen molar-refractivity contribution in [1.82, 2.24) is 4.98 Å². The van der Waals surface area contributed by atoms with E-state index in [0.29, 0.717) is 5.56 Å². The molecule has 0 saturated carbocycles. The Morgan fingerprint density at radius 3 is 2.60 bits per heavy atom. The molecule has 3 nitrogen and oxygen atoms in total. The zero-order valence-corrected chi connectivity index (χ0v) is 8.98. The maximum absolute atomic E-state index is 11.9. The first-order valence-corrected chi connectivity index (χ1v) is 4.45. The van der Waals surface area contributed by atoms with Gasteiger partial charge in [-0.05, 0) is 28.4 Å². The van der Waals surface area contributed by atoms with E-state index in [1.807, 2.05) is 0 Å². The fourth-order valence-electron chi connectivity index (χ4n) is 0.875. The fraction of sp³-hybridized carbons (Fsp3) is 0.250. The summed E-state index contributed by atoms with van der Waals surface area (Å²) in [6.45, 7) is 1.56. The molecule has 0 unspecified atom stereocenters. The summed E-state index contributed by atoms with van der Waals surface area (Å²) in [7, 11) is 0. The van der Waals surface area contributed by atoms with Gasteiger partial charge in [0.05, 0.1) is 10.0 Å². The second-order valence-electron chi connectivity index (χ2n) is 2.59. The molecule has 0 aliphatic rings. The van der Waals surface area contributed by atoms with Crippen molar-refractivity contribution in [1.29, 1.82) is 5.26 Å². The molecule has 0 aliphatic carbocycles. The zero-order chi connectivity index (χ0) is 11.6. The lowest BCUT2D eigenvalue weighted by Crippen LogP contribution is -2.18. The van der Waals surface area contributed by atoms with Crippen LogP contribution in [-0.4, -0.2) is 11.3 Å². The largest absolute Gasteiger partial charge is 0.574 e. The molecule has 1 heterocycles. The molecule has 1 rings (SSSR count). The number of ether oxygens (including phenoxy) is 1. The van der Waals surface area contributed by atoms with Crippen LogP contribution >= 0.6 is 15.9 Å². The molecule has 0 amide bonds. The average Bonchev–Trinajstić information content (AvgIpc) is 2.09. The number of pyridine rings is 1. The number of nitrogens with zero attached hydrogens (tertiary/aromatic N) is 2. The lowest BCUT2D eigenvalue weighted by molar-refractivity contribution is -0.276. The number of alkyl halides is 3. The highest BCUT2D eigenvalue weighted by molar-refractivity contribution is 9.10. The summed E-state index contributed by atoms with van der Waals surface area (Å²) in [6.07, 6.45) is -3.68. The number of rotatable bonds is 1. The van der Waals surface area contributed by atoms with E-state index >= 15 is 0 Å². The predicted octanol–water partition coefficient (Wildman–Crippen LogP) is 2.92. The van der Waals surface area contributed by atoms with E-state index < -0.39 is 12.2 Å². The summed E-state index contributed by atoms with van der Waals surface area (Å²) < 4.78 is 39.2. The van der Waals surface area contributed by atoms with Crippen LogP contribution in [0.5, 0.6) is 5.88 Å². The molecule has 0 fully saturated rings. The van der Waals surface area contributed by atoms with E-state index in [1.54, 1.807) is 13.0 Å². The Bertz CT molecular complexity index is 425. The molecule has 7 heteroatoms. The predicted molar refractivity (Wildman–Crippen MR) is 48.1 cm³/mol. The van der Waals surface area contributed by atoms with E-state index in [1.165, 1.54) is 0 Å². The van der Waals surface area contributed by atoms with Crippen LogP contribution in [0.4, 0.5) is 13.2 Å². The summed E-state index contributed by atoms with van der Waals surface area (Å²) >= 11 is 2.83. The zero-order valence-electron chi connectivity index (χ0n) is 7.39. The van der Waals surface area contributed by atoms with Crippen molar-refractivity contribution in [3.8, 4) is 11.9 Å². The molecule has 0 spiro atoms. The SMILES string of the molecule is Cc1cnc(OC(F)(F)F)c(Br)c1C#N. The minimum atomic E-state index is -4.82. The first kappa shape index (κ1) is 11.8. The fourth-order valence-corrected chi connectivity index (χ4v) is 1.46. The molecule has 0 radical (unpaired) electrons. The minimum absolute atomic E-state index is 0.0734. The molecule has 0 aliphatic heterocycles. The van der Waals surface area contributed by atoms with Gasteiger partial charge in [-0.2, -0.15) is 5.26 Å². The second kappa shape index (κ2) is 4.06.